The van der Waals surface area contributed by atoms with E-state index in [-0.39, 0.29) is 18.4 Å². The lowest BCUT2D eigenvalue weighted by Crippen LogP contribution is -2.27. The Morgan fingerprint density at radius 3 is 2.44 bits per heavy atom. The summed E-state index contributed by atoms with van der Waals surface area (Å²) < 4.78 is 5.65. The summed E-state index contributed by atoms with van der Waals surface area (Å²) >= 11 is 0. The van der Waals surface area contributed by atoms with Crippen molar-refractivity contribution in [2.45, 2.75) is 19.0 Å². The number of hydrogen-bond donors (Lipinski definition) is 2. The molecule has 134 valence electrons. The number of carbonyl (C=O) groups is 1. The number of nitrogens with zero attached hydrogens (tertiary/aromatic N) is 1. The number of carbonyl (C=O) groups excluding carboxylic acids is 1. The zero-order valence-corrected chi connectivity index (χ0v) is 14.9. The van der Waals surface area contributed by atoms with Crippen LogP contribution in [0.2, 0.25) is 0 Å². The summed E-state index contributed by atoms with van der Waals surface area (Å²) in [7, 11) is 4.03. The standard InChI is InChI=1S/C20H27N3O2/c1-23(2)12-13-25-18-10-8-16(9-11-18)15-22-20(24)14-19(21)17-6-4-3-5-7-17/h3-11,19H,12-15,21H2,1-2H3,(H,22,24). The maximum Gasteiger partial charge on any atom is 0.222 e. The molecular formula is C20H27N3O2. The normalized spacial score (nSPS) is 12.0. The first-order chi connectivity index (χ1) is 12.0. The van der Waals surface area contributed by atoms with Gasteiger partial charge in [0.2, 0.25) is 5.91 Å². The molecule has 0 heterocycles. The van der Waals surface area contributed by atoms with Gasteiger partial charge in [0.05, 0.1) is 0 Å². The topological polar surface area (TPSA) is 67.6 Å². The van der Waals surface area contributed by atoms with Crippen LogP contribution in [-0.2, 0) is 11.3 Å². The zero-order chi connectivity index (χ0) is 18.1. The van der Waals surface area contributed by atoms with Gasteiger partial charge in [-0.05, 0) is 37.4 Å². The fourth-order valence-corrected chi connectivity index (χ4v) is 2.34. The van der Waals surface area contributed by atoms with Crippen molar-refractivity contribution in [3.8, 4) is 5.75 Å². The van der Waals surface area contributed by atoms with Crippen LogP contribution in [0.25, 0.3) is 0 Å². The monoisotopic (exact) mass is 341 g/mol. The first-order valence-electron chi connectivity index (χ1n) is 8.48. The molecule has 1 atom stereocenters. The maximum absolute atomic E-state index is 12.1. The summed E-state index contributed by atoms with van der Waals surface area (Å²) in [4.78, 5) is 14.1. The predicted molar refractivity (Wildman–Crippen MR) is 100 cm³/mol. The molecule has 0 aromatic heterocycles. The minimum absolute atomic E-state index is 0.0531. The Balaban J connectivity index is 1.74. The number of rotatable bonds is 9. The summed E-state index contributed by atoms with van der Waals surface area (Å²) in [6.07, 6.45) is 0.274. The van der Waals surface area contributed by atoms with Crippen molar-refractivity contribution in [3.63, 3.8) is 0 Å². The maximum atomic E-state index is 12.1. The molecule has 5 heteroatoms. The van der Waals surface area contributed by atoms with E-state index in [1.807, 2.05) is 68.7 Å². The van der Waals surface area contributed by atoms with Gasteiger partial charge in [-0.2, -0.15) is 0 Å². The van der Waals surface area contributed by atoms with Crippen molar-refractivity contribution >= 4 is 5.91 Å². The molecule has 0 radical (unpaired) electrons. The number of amides is 1. The molecule has 3 N–H and O–H groups in total. The van der Waals surface area contributed by atoms with E-state index in [1.165, 1.54) is 0 Å². The van der Waals surface area contributed by atoms with Crippen LogP contribution in [0.3, 0.4) is 0 Å². The third-order valence-corrected chi connectivity index (χ3v) is 3.85. The van der Waals surface area contributed by atoms with Gasteiger partial charge in [0.1, 0.15) is 12.4 Å². The molecule has 25 heavy (non-hydrogen) atoms. The van der Waals surface area contributed by atoms with Gasteiger partial charge in [-0.15, -0.1) is 0 Å². The second-order valence-corrected chi connectivity index (χ2v) is 6.29. The van der Waals surface area contributed by atoms with E-state index in [0.717, 1.165) is 23.4 Å². The lowest BCUT2D eigenvalue weighted by Gasteiger charge is -2.13. The van der Waals surface area contributed by atoms with Crippen LogP contribution < -0.4 is 15.8 Å². The van der Waals surface area contributed by atoms with Gasteiger partial charge in [-0.25, -0.2) is 0 Å². The van der Waals surface area contributed by atoms with Gasteiger partial charge in [-0.1, -0.05) is 42.5 Å². The van der Waals surface area contributed by atoms with E-state index in [0.29, 0.717) is 13.2 Å². The SMILES string of the molecule is CN(C)CCOc1ccc(CNC(=O)CC(N)c2ccccc2)cc1. The van der Waals surface area contributed by atoms with Crippen LogP contribution in [0.5, 0.6) is 5.75 Å². The summed E-state index contributed by atoms with van der Waals surface area (Å²) in [5.41, 5.74) is 8.07. The van der Waals surface area contributed by atoms with E-state index >= 15 is 0 Å². The Labute approximate surface area is 149 Å². The van der Waals surface area contributed by atoms with Gasteiger partial charge in [0.15, 0.2) is 0 Å². The molecule has 0 saturated heterocycles. The molecule has 0 fully saturated rings. The van der Waals surface area contributed by atoms with Gasteiger partial charge in [-0.3, -0.25) is 4.79 Å². The Kier molecular flexibility index (Phi) is 7.44. The Hall–Kier alpha value is -2.37. The van der Waals surface area contributed by atoms with Crippen molar-refractivity contribution in [1.29, 1.82) is 0 Å². The molecule has 2 rings (SSSR count). The quantitative estimate of drug-likeness (QED) is 0.735. The zero-order valence-electron chi connectivity index (χ0n) is 14.9. The highest BCUT2D eigenvalue weighted by Gasteiger charge is 2.11. The molecule has 2 aromatic carbocycles. The first-order valence-corrected chi connectivity index (χ1v) is 8.48. The number of benzene rings is 2. The van der Waals surface area contributed by atoms with Crippen molar-refractivity contribution in [3.05, 3.63) is 65.7 Å². The molecule has 0 aliphatic carbocycles. The van der Waals surface area contributed by atoms with E-state index < -0.39 is 0 Å². The molecule has 0 aliphatic heterocycles. The Morgan fingerprint density at radius 1 is 1.12 bits per heavy atom. The summed E-state index contributed by atoms with van der Waals surface area (Å²) in [6.45, 7) is 2.01. The third-order valence-electron chi connectivity index (χ3n) is 3.85. The minimum Gasteiger partial charge on any atom is -0.492 e. The molecule has 0 aliphatic rings. The molecular weight excluding hydrogens is 314 g/mol. The highest BCUT2D eigenvalue weighted by molar-refractivity contribution is 5.76. The lowest BCUT2D eigenvalue weighted by atomic mass is 10.0. The van der Waals surface area contributed by atoms with Crippen molar-refractivity contribution < 1.29 is 9.53 Å². The smallest absolute Gasteiger partial charge is 0.222 e. The van der Waals surface area contributed by atoms with Gasteiger partial charge in [0.25, 0.3) is 0 Å². The predicted octanol–water partition coefficient (Wildman–Crippen LogP) is 2.33. The van der Waals surface area contributed by atoms with Gasteiger partial charge < -0.3 is 20.7 Å². The van der Waals surface area contributed by atoms with Crippen molar-refractivity contribution in [2.24, 2.45) is 5.73 Å². The highest BCUT2D eigenvalue weighted by Crippen LogP contribution is 2.14. The average Bonchev–Trinajstić information content (AvgIpc) is 2.61. The lowest BCUT2D eigenvalue weighted by molar-refractivity contribution is -0.121. The summed E-state index contributed by atoms with van der Waals surface area (Å²) in [5, 5.41) is 2.91. The number of nitrogens with two attached hydrogens (primary N) is 1. The third kappa shape index (κ3) is 6.95. The molecule has 0 saturated carbocycles. The van der Waals surface area contributed by atoms with Crippen LogP contribution >= 0.6 is 0 Å². The second-order valence-electron chi connectivity index (χ2n) is 6.29. The molecule has 0 bridgehead atoms. The van der Waals surface area contributed by atoms with Crippen LogP contribution in [0.1, 0.15) is 23.6 Å². The van der Waals surface area contributed by atoms with Gasteiger partial charge in [0, 0.05) is 25.6 Å². The van der Waals surface area contributed by atoms with E-state index in [9.17, 15) is 4.79 Å². The first kappa shape index (κ1) is 19.0. The molecule has 1 amide bonds. The number of likely N-dealkylation sites (N-methyl/N-ethyl adjacent to an activating group) is 1. The molecule has 2 aromatic rings. The fraction of sp³-hybridized carbons (Fsp3) is 0.350. The Morgan fingerprint density at radius 2 is 1.80 bits per heavy atom. The van der Waals surface area contributed by atoms with E-state index in [4.69, 9.17) is 10.5 Å². The number of ether oxygens (including phenoxy) is 1. The molecule has 1 unspecified atom stereocenters. The Bertz CT molecular complexity index is 642. The van der Waals surface area contributed by atoms with Crippen LogP contribution in [-0.4, -0.2) is 38.1 Å². The van der Waals surface area contributed by atoms with Crippen LogP contribution in [0.4, 0.5) is 0 Å². The largest absolute Gasteiger partial charge is 0.492 e. The minimum atomic E-state index is -0.284. The highest BCUT2D eigenvalue weighted by atomic mass is 16.5. The molecule has 5 nitrogen and oxygen atoms in total. The number of hydrogen-bond acceptors (Lipinski definition) is 4. The van der Waals surface area contributed by atoms with Crippen molar-refractivity contribution in [1.82, 2.24) is 10.2 Å². The second kappa shape index (κ2) is 9.81. The van der Waals surface area contributed by atoms with E-state index in [1.54, 1.807) is 0 Å². The number of nitrogens with one attached hydrogen (secondary N) is 1. The van der Waals surface area contributed by atoms with Crippen LogP contribution in [0, 0.1) is 0 Å². The van der Waals surface area contributed by atoms with Crippen LogP contribution in [0.15, 0.2) is 54.6 Å². The summed E-state index contributed by atoms with van der Waals surface area (Å²) in [5.74, 6) is 0.783. The molecule has 0 spiro atoms. The summed E-state index contributed by atoms with van der Waals surface area (Å²) in [6, 6.07) is 17.1. The average molecular weight is 341 g/mol. The fourth-order valence-electron chi connectivity index (χ4n) is 2.34. The van der Waals surface area contributed by atoms with Crippen molar-refractivity contribution in [2.75, 3.05) is 27.2 Å². The van der Waals surface area contributed by atoms with Gasteiger partial charge >= 0.3 is 0 Å². The van der Waals surface area contributed by atoms with E-state index in [2.05, 4.69) is 10.2 Å².